The second-order valence-electron chi connectivity index (χ2n) is 7.00. The van der Waals surface area contributed by atoms with E-state index in [4.69, 9.17) is 0 Å². The summed E-state index contributed by atoms with van der Waals surface area (Å²) in [6, 6.07) is 7.68. The molecule has 1 aromatic rings. The van der Waals surface area contributed by atoms with Crippen LogP contribution in [0, 0.1) is 5.92 Å². The number of aliphatic imine (C=N–C) groups is 1. The normalized spacial score (nSPS) is 23.8. The number of sulfonamides is 1. The van der Waals surface area contributed by atoms with E-state index < -0.39 is 10.0 Å². The van der Waals surface area contributed by atoms with Crippen LogP contribution in [0.1, 0.15) is 38.2 Å². The molecule has 1 saturated heterocycles. The Balaban J connectivity index is 0.00000243. The number of benzene rings is 1. The summed E-state index contributed by atoms with van der Waals surface area (Å²) in [6.45, 7) is 4.09. The molecule has 6 nitrogen and oxygen atoms in total. The highest BCUT2D eigenvalue weighted by atomic mass is 127. The maximum Gasteiger partial charge on any atom is 0.243 e. The maximum atomic E-state index is 12.7. The van der Waals surface area contributed by atoms with Crippen LogP contribution in [-0.4, -0.2) is 44.9 Å². The smallest absolute Gasteiger partial charge is 0.243 e. The minimum absolute atomic E-state index is 0. The van der Waals surface area contributed by atoms with Gasteiger partial charge in [0.25, 0.3) is 0 Å². The third-order valence-corrected chi connectivity index (χ3v) is 6.90. The molecule has 3 rings (SSSR count). The number of hydrogen-bond donors (Lipinski definition) is 2. The van der Waals surface area contributed by atoms with Crippen molar-refractivity contribution in [2.24, 2.45) is 10.9 Å². The standard InChI is InChI=1S/C18H28N4O2S.HI/c1-14-12-17(14)21-18(19-2)20-13-15-6-8-16(9-7-15)25(23,24)22-10-4-3-5-11-22;/h6-9,14,17H,3-5,10-13H2,1-2H3,(H2,19,20,21);1H. The van der Waals surface area contributed by atoms with E-state index in [0.29, 0.717) is 36.5 Å². The van der Waals surface area contributed by atoms with Crippen LogP contribution in [0.3, 0.4) is 0 Å². The van der Waals surface area contributed by atoms with Gasteiger partial charge < -0.3 is 10.6 Å². The van der Waals surface area contributed by atoms with Crippen molar-refractivity contribution in [3.63, 3.8) is 0 Å². The number of halogens is 1. The molecule has 0 bridgehead atoms. The van der Waals surface area contributed by atoms with E-state index in [0.717, 1.165) is 30.8 Å². The molecule has 1 heterocycles. The molecule has 8 heteroatoms. The van der Waals surface area contributed by atoms with E-state index in [1.165, 1.54) is 6.42 Å². The molecule has 1 aliphatic heterocycles. The Morgan fingerprint density at radius 1 is 1.19 bits per heavy atom. The van der Waals surface area contributed by atoms with E-state index in [1.54, 1.807) is 23.5 Å². The summed E-state index contributed by atoms with van der Waals surface area (Å²) >= 11 is 0. The Labute approximate surface area is 173 Å². The topological polar surface area (TPSA) is 73.8 Å². The molecule has 2 unspecified atom stereocenters. The lowest BCUT2D eigenvalue weighted by Crippen LogP contribution is -2.38. The van der Waals surface area contributed by atoms with Crippen LogP contribution >= 0.6 is 24.0 Å². The summed E-state index contributed by atoms with van der Waals surface area (Å²) in [7, 11) is -1.59. The predicted octanol–water partition coefficient (Wildman–Crippen LogP) is 2.55. The summed E-state index contributed by atoms with van der Waals surface area (Å²) in [4.78, 5) is 4.61. The number of nitrogens with zero attached hydrogens (tertiary/aromatic N) is 2. The first kappa shape index (κ1) is 21.4. The maximum absolute atomic E-state index is 12.7. The highest BCUT2D eigenvalue weighted by Gasteiger charge is 2.33. The highest BCUT2D eigenvalue weighted by Crippen LogP contribution is 2.28. The number of rotatable bonds is 5. The summed E-state index contributed by atoms with van der Waals surface area (Å²) < 4.78 is 26.9. The summed E-state index contributed by atoms with van der Waals surface area (Å²) in [5.74, 6) is 1.50. The van der Waals surface area contributed by atoms with Gasteiger partial charge in [0.05, 0.1) is 4.90 Å². The van der Waals surface area contributed by atoms with Crippen molar-refractivity contribution in [3.05, 3.63) is 29.8 Å². The summed E-state index contributed by atoms with van der Waals surface area (Å²) in [6.07, 6.45) is 4.20. The Kier molecular flexibility index (Phi) is 7.72. The van der Waals surface area contributed by atoms with Crippen molar-refractivity contribution < 1.29 is 8.42 Å². The summed E-state index contributed by atoms with van der Waals surface area (Å²) in [5.41, 5.74) is 1.03. The van der Waals surface area contributed by atoms with Crippen LogP contribution in [0.4, 0.5) is 0 Å². The average Bonchev–Trinajstić information content (AvgIpc) is 3.34. The van der Waals surface area contributed by atoms with Crippen LogP contribution < -0.4 is 10.6 Å². The third kappa shape index (κ3) is 5.32. The first-order valence-corrected chi connectivity index (χ1v) is 10.5. The van der Waals surface area contributed by atoms with Crippen LogP contribution in [0.15, 0.2) is 34.2 Å². The fraction of sp³-hybridized carbons (Fsp3) is 0.611. The summed E-state index contributed by atoms with van der Waals surface area (Å²) in [5, 5.41) is 6.65. The lowest BCUT2D eigenvalue weighted by atomic mass is 10.2. The van der Waals surface area contributed by atoms with E-state index in [2.05, 4.69) is 22.5 Å². The molecule has 2 fully saturated rings. The van der Waals surface area contributed by atoms with E-state index in [9.17, 15) is 8.42 Å². The van der Waals surface area contributed by atoms with Gasteiger partial charge in [0, 0.05) is 32.7 Å². The van der Waals surface area contributed by atoms with Crippen molar-refractivity contribution in [2.45, 2.75) is 50.1 Å². The zero-order chi connectivity index (χ0) is 17.9. The van der Waals surface area contributed by atoms with Gasteiger partial charge in [-0.3, -0.25) is 4.99 Å². The molecule has 2 aliphatic rings. The molecular formula is C18H29IN4O2S. The van der Waals surface area contributed by atoms with Gasteiger partial charge in [-0.2, -0.15) is 4.31 Å². The second-order valence-corrected chi connectivity index (χ2v) is 8.94. The molecule has 146 valence electrons. The molecule has 26 heavy (non-hydrogen) atoms. The van der Waals surface area contributed by atoms with Gasteiger partial charge in [-0.25, -0.2) is 8.42 Å². The zero-order valence-electron chi connectivity index (χ0n) is 15.4. The molecular weight excluding hydrogens is 463 g/mol. The molecule has 0 radical (unpaired) electrons. The molecule has 2 N–H and O–H groups in total. The Morgan fingerprint density at radius 3 is 2.35 bits per heavy atom. The molecule has 1 aromatic carbocycles. The minimum atomic E-state index is -3.35. The fourth-order valence-corrected chi connectivity index (χ4v) is 4.63. The lowest BCUT2D eigenvalue weighted by molar-refractivity contribution is 0.346. The number of guanidine groups is 1. The predicted molar refractivity (Wildman–Crippen MR) is 115 cm³/mol. The number of hydrogen-bond acceptors (Lipinski definition) is 3. The molecule has 1 aliphatic carbocycles. The second kappa shape index (κ2) is 9.36. The van der Waals surface area contributed by atoms with Gasteiger partial charge in [-0.05, 0) is 42.9 Å². The van der Waals surface area contributed by atoms with E-state index >= 15 is 0 Å². The quantitative estimate of drug-likeness (QED) is 0.377. The van der Waals surface area contributed by atoms with Crippen molar-refractivity contribution in [2.75, 3.05) is 20.1 Å². The molecule has 1 saturated carbocycles. The lowest BCUT2D eigenvalue weighted by Gasteiger charge is -2.25. The zero-order valence-corrected chi connectivity index (χ0v) is 18.6. The monoisotopic (exact) mass is 492 g/mol. The van der Waals surface area contributed by atoms with Gasteiger partial charge in [0.2, 0.25) is 10.0 Å². The third-order valence-electron chi connectivity index (χ3n) is 4.99. The first-order chi connectivity index (χ1) is 12.0. The molecule has 0 spiro atoms. The SMILES string of the molecule is CN=C(NCc1ccc(S(=O)(=O)N2CCCCC2)cc1)NC1CC1C.I. The van der Waals surface area contributed by atoms with Crippen LogP contribution in [0.25, 0.3) is 0 Å². The van der Waals surface area contributed by atoms with Crippen molar-refractivity contribution in [1.82, 2.24) is 14.9 Å². The van der Waals surface area contributed by atoms with Crippen LogP contribution in [-0.2, 0) is 16.6 Å². The number of piperidine rings is 1. The Morgan fingerprint density at radius 2 is 1.81 bits per heavy atom. The van der Waals surface area contributed by atoms with Crippen LogP contribution in [0.2, 0.25) is 0 Å². The molecule has 0 amide bonds. The van der Waals surface area contributed by atoms with Crippen molar-refractivity contribution in [3.8, 4) is 0 Å². The van der Waals surface area contributed by atoms with Gasteiger partial charge in [-0.1, -0.05) is 25.5 Å². The largest absolute Gasteiger partial charge is 0.353 e. The first-order valence-electron chi connectivity index (χ1n) is 9.07. The molecule has 2 atom stereocenters. The fourth-order valence-electron chi connectivity index (χ4n) is 3.11. The van der Waals surface area contributed by atoms with Gasteiger partial charge >= 0.3 is 0 Å². The van der Waals surface area contributed by atoms with Gasteiger partial charge in [0.1, 0.15) is 0 Å². The van der Waals surface area contributed by atoms with Crippen LogP contribution in [0.5, 0.6) is 0 Å². The number of nitrogens with one attached hydrogen (secondary N) is 2. The van der Waals surface area contributed by atoms with Crippen molar-refractivity contribution in [1.29, 1.82) is 0 Å². The van der Waals surface area contributed by atoms with Gasteiger partial charge in [0.15, 0.2) is 5.96 Å². The Hall–Kier alpha value is -0.870. The molecule has 0 aromatic heterocycles. The van der Waals surface area contributed by atoms with E-state index in [1.807, 2.05) is 12.1 Å². The Bertz CT molecular complexity index is 715. The minimum Gasteiger partial charge on any atom is -0.353 e. The van der Waals surface area contributed by atoms with Crippen molar-refractivity contribution >= 4 is 40.0 Å². The highest BCUT2D eigenvalue weighted by molar-refractivity contribution is 14.0. The van der Waals surface area contributed by atoms with Gasteiger partial charge in [-0.15, -0.1) is 24.0 Å². The average molecular weight is 492 g/mol. The van der Waals surface area contributed by atoms with E-state index in [-0.39, 0.29) is 24.0 Å².